The van der Waals surface area contributed by atoms with Crippen molar-refractivity contribution >= 4 is 21.7 Å². The lowest BCUT2D eigenvalue weighted by molar-refractivity contribution is 0.918. The average Bonchev–Trinajstić information content (AvgIpc) is 2.60. The number of hydrogen-bond donors (Lipinski definition) is 0. The molecule has 0 aliphatic heterocycles. The molecule has 1 aliphatic rings. The van der Waals surface area contributed by atoms with Crippen LogP contribution >= 0.6 is 0 Å². The third-order valence-corrected chi connectivity index (χ3v) is 4.57. The summed E-state index contributed by atoms with van der Waals surface area (Å²) in [5, 5.41) is 3.67. The highest BCUT2D eigenvalue weighted by Crippen LogP contribution is 2.34. The van der Waals surface area contributed by atoms with Crippen molar-refractivity contribution in [2.75, 3.05) is 0 Å². The number of fused-ring (bicyclic) bond motifs is 6. The van der Waals surface area contributed by atoms with Crippen LogP contribution in [0.5, 0.6) is 0 Å². The van der Waals surface area contributed by atoms with Crippen molar-refractivity contribution in [2.24, 2.45) is 0 Å². The standard InChI is InChI=1S/C20H14N2/c1-2-6-17-13(4-1)7-9-15-12-16-10-8-14-5-3-11-21-19(14)20(16)22-18(15)17/h1-7,9,11-12H,8,10H2. The first kappa shape index (κ1) is 11.9. The second-order valence-electron chi connectivity index (χ2n) is 5.87. The lowest BCUT2D eigenvalue weighted by Crippen LogP contribution is -2.07. The van der Waals surface area contributed by atoms with Crippen molar-refractivity contribution < 1.29 is 0 Å². The Bertz CT molecular complexity index is 1030. The Labute approximate surface area is 128 Å². The summed E-state index contributed by atoms with van der Waals surface area (Å²) in [6.07, 6.45) is 3.96. The Morgan fingerprint density at radius 2 is 1.59 bits per heavy atom. The maximum atomic E-state index is 5.02. The van der Waals surface area contributed by atoms with Gasteiger partial charge in [0.05, 0.1) is 16.9 Å². The van der Waals surface area contributed by atoms with Gasteiger partial charge in [0.1, 0.15) is 0 Å². The van der Waals surface area contributed by atoms with Gasteiger partial charge in [0.15, 0.2) is 0 Å². The van der Waals surface area contributed by atoms with Gasteiger partial charge >= 0.3 is 0 Å². The van der Waals surface area contributed by atoms with Gasteiger partial charge in [0.2, 0.25) is 0 Å². The first-order valence-corrected chi connectivity index (χ1v) is 7.66. The molecule has 4 aromatic rings. The summed E-state index contributed by atoms with van der Waals surface area (Å²) in [7, 11) is 0. The van der Waals surface area contributed by atoms with Gasteiger partial charge in [-0.05, 0) is 41.5 Å². The molecule has 2 aromatic heterocycles. The summed E-state index contributed by atoms with van der Waals surface area (Å²) in [6, 6.07) is 19.3. The van der Waals surface area contributed by atoms with Gasteiger partial charge in [0, 0.05) is 17.0 Å². The maximum Gasteiger partial charge on any atom is 0.0929 e. The topological polar surface area (TPSA) is 25.8 Å². The average molecular weight is 282 g/mol. The third kappa shape index (κ3) is 1.61. The van der Waals surface area contributed by atoms with Gasteiger partial charge in [0.25, 0.3) is 0 Å². The van der Waals surface area contributed by atoms with Crippen LogP contribution in [0.15, 0.2) is 60.8 Å². The Morgan fingerprint density at radius 1 is 0.727 bits per heavy atom. The van der Waals surface area contributed by atoms with Gasteiger partial charge in [-0.3, -0.25) is 4.98 Å². The summed E-state index contributed by atoms with van der Waals surface area (Å²) in [4.78, 5) is 9.61. The van der Waals surface area contributed by atoms with Crippen LogP contribution in [0, 0.1) is 0 Å². The number of aryl methyl sites for hydroxylation is 2. The van der Waals surface area contributed by atoms with Crippen LogP contribution in [-0.2, 0) is 12.8 Å². The minimum absolute atomic E-state index is 1.05. The molecule has 0 spiro atoms. The van der Waals surface area contributed by atoms with Crippen LogP contribution in [0.4, 0.5) is 0 Å². The molecule has 0 saturated carbocycles. The first-order valence-electron chi connectivity index (χ1n) is 7.66. The maximum absolute atomic E-state index is 5.02. The van der Waals surface area contributed by atoms with Crippen molar-refractivity contribution in [2.45, 2.75) is 12.8 Å². The number of rotatable bonds is 0. The Morgan fingerprint density at radius 3 is 2.59 bits per heavy atom. The van der Waals surface area contributed by atoms with E-state index in [1.165, 1.54) is 27.3 Å². The Balaban J connectivity index is 1.91. The summed E-state index contributed by atoms with van der Waals surface area (Å²) in [6.45, 7) is 0. The highest BCUT2D eigenvalue weighted by Gasteiger charge is 2.19. The van der Waals surface area contributed by atoms with E-state index >= 15 is 0 Å². The van der Waals surface area contributed by atoms with Gasteiger partial charge in [-0.15, -0.1) is 0 Å². The third-order valence-electron chi connectivity index (χ3n) is 4.57. The van der Waals surface area contributed by atoms with E-state index in [2.05, 4.69) is 53.5 Å². The van der Waals surface area contributed by atoms with E-state index < -0.39 is 0 Å². The zero-order valence-electron chi connectivity index (χ0n) is 12.1. The Kier molecular flexibility index (Phi) is 2.36. The zero-order chi connectivity index (χ0) is 14.5. The number of pyridine rings is 2. The second kappa shape index (κ2) is 4.38. The number of benzene rings is 2. The molecule has 5 rings (SSSR count). The zero-order valence-corrected chi connectivity index (χ0v) is 12.1. The Hall–Kier alpha value is -2.74. The van der Waals surface area contributed by atoms with Crippen LogP contribution in [0.3, 0.4) is 0 Å². The molecule has 22 heavy (non-hydrogen) atoms. The molecule has 0 radical (unpaired) electrons. The highest BCUT2D eigenvalue weighted by molar-refractivity contribution is 6.06. The molecule has 104 valence electrons. The number of hydrogen-bond acceptors (Lipinski definition) is 2. The lowest BCUT2D eigenvalue weighted by Gasteiger charge is -2.18. The monoisotopic (exact) mass is 282 g/mol. The molecule has 0 atom stereocenters. The largest absolute Gasteiger partial charge is 0.254 e. The smallest absolute Gasteiger partial charge is 0.0929 e. The number of aromatic nitrogens is 2. The fourth-order valence-corrected chi connectivity index (χ4v) is 3.47. The minimum Gasteiger partial charge on any atom is -0.254 e. The molecule has 1 aliphatic carbocycles. The SMILES string of the molecule is c1cnc2c(c1)CCc1cc3ccc4ccccc4c3nc1-2. The van der Waals surface area contributed by atoms with Crippen LogP contribution in [0.1, 0.15) is 11.1 Å². The van der Waals surface area contributed by atoms with E-state index in [1.807, 2.05) is 12.3 Å². The lowest BCUT2D eigenvalue weighted by atomic mass is 9.91. The van der Waals surface area contributed by atoms with Crippen LogP contribution in [-0.4, -0.2) is 9.97 Å². The van der Waals surface area contributed by atoms with Crippen molar-refractivity contribution in [3.05, 3.63) is 71.9 Å². The predicted octanol–water partition coefficient (Wildman–Crippen LogP) is 4.55. The fraction of sp³-hybridized carbons (Fsp3) is 0.100. The van der Waals surface area contributed by atoms with Crippen molar-refractivity contribution in [1.82, 2.24) is 9.97 Å². The van der Waals surface area contributed by atoms with Crippen LogP contribution in [0.25, 0.3) is 33.1 Å². The summed E-state index contributed by atoms with van der Waals surface area (Å²) in [5.74, 6) is 0. The fourth-order valence-electron chi connectivity index (χ4n) is 3.47. The molecule has 0 unspecified atom stereocenters. The molecule has 0 amide bonds. The molecule has 0 N–H and O–H groups in total. The molecule has 2 heteroatoms. The summed E-state index contributed by atoms with van der Waals surface area (Å²) in [5.41, 5.74) is 5.82. The highest BCUT2D eigenvalue weighted by atomic mass is 14.8. The van der Waals surface area contributed by atoms with Crippen molar-refractivity contribution in [3.8, 4) is 11.4 Å². The van der Waals surface area contributed by atoms with Crippen molar-refractivity contribution in [3.63, 3.8) is 0 Å². The van der Waals surface area contributed by atoms with Gasteiger partial charge < -0.3 is 0 Å². The normalized spacial score (nSPS) is 13.1. The molecular weight excluding hydrogens is 268 g/mol. The molecule has 2 heterocycles. The van der Waals surface area contributed by atoms with E-state index in [0.29, 0.717) is 0 Å². The molecular formula is C20H14N2. The molecule has 0 fully saturated rings. The molecule has 0 bridgehead atoms. The first-order chi connectivity index (χ1) is 10.9. The quantitative estimate of drug-likeness (QED) is 0.442. The minimum atomic E-state index is 1.05. The predicted molar refractivity (Wildman–Crippen MR) is 89.9 cm³/mol. The van der Waals surface area contributed by atoms with E-state index in [0.717, 1.165) is 29.7 Å². The summed E-state index contributed by atoms with van der Waals surface area (Å²) >= 11 is 0. The van der Waals surface area contributed by atoms with Crippen LogP contribution < -0.4 is 0 Å². The van der Waals surface area contributed by atoms with Gasteiger partial charge in [-0.2, -0.15) is 0 Å². The van der Waals surface area contributed by atoms with E-state index in [1.54, 1.807) is 0 Å². The van der Waals surface area contributed by atoms with E-state index in [9.17, 15) is 0 Å². The van der Waals surface area contributed by atoms with Crippen LogP contribution in [0.2, 0.25) is 0 Å². The molecule has 2 nitrogen and oxygen atoms in total. The van der Waals surface area contributed by atoms with E-state index in [-0.39, 0.29) is 0 Å². The van der Waals surface area contributed by atoms with Gasteiger partial charge in [-0.1, -0.05) is 42.5 Å². The molecule has 0 saturated heterocycles. The van der Waals surface area contributed by atoms with E-state index in [4.69, 9.17) is 4.98 Å². The van der Waals surface area contributed by atoms with Crippen molar-refractivity contribution in [1.29, 1.82) is 0 Å². The number of nitrogens with zero attached hydrogens (tertiary/aromatic N) is 2. The second-order valence-corrected chi connectivity index (χ2v) is 5.87. The summed E-state index contributed by atoms with van der Waals surface area (Å²) < 4.78 is 0. The molecule has 2 aromatic carbocycles. The van der Waals surface area contributed by atoms with Gasteiger partial charge in [-0.25, -0.2) is 4.98 Å².